The van der Waals surface area contributed by atoms with Crippen LogP contribution in [0.4, 0.5) is 4.39 Å². The van der Waals surface area contributed by atoms with Crippen molar-refractivity contribution < 1.29 is 9.18 Å². The molecule has 4 aromatic rings. The Bertz CT molecular complexity index is 1330. The molecule has 0 aliphatic carbocycles. The smallest absolute Gasteiger partial charge is 0.252 e. The number of hydrogen-bond acceptors (Lipinski definition) is 3. The Balaban J connectivity index is 1.57. The lowest BCUT2D eigenvalue weighted by molar-refractivity contribution is 0.0952. The van der Waals surface area contributed by atoms with Gasteiger partial charge in [0.1, 0.15) is 5.82 Å². The number of pyridine rings is 1. The largest absolute Gasteiger partial charge is 0.348 e. The summed E-state index contributed by atoms with van der Waals surface area (Å²) in [5.74, 6) is 1.80. The van der Waals surface area contributed by atoms with Gasteiger partial charge in [-0.25, -0.2) is 9.07 Å². The van der Waals surface area contributed by atoms with Gasteiger partial charge in [-0.2, -0.15) is 5.10 Å². The Morgan fingerprint density at radius 3 is 2.70 bits per heavy atom. The molecular formula is C23H17FN4O2. The van der Waals surface area contributed by atoms with E-state index in [1.165, 1.54) is 22.8 Å². The highest BCUT2D eigenvalue weighted by molar-refractivity contribution is 6.06. The highest BCUT2D eigenvalue weighted by atomic mass is 19.1. The monoisotopic (exact) mass is 400 g/mol. The zero-order valence-electron chi connectivity index (χ0n) is 15.9. The van der Waals surface area contributed by atoms with Crippen molar-refractivity contribution >= 4 is 16.8 Å². The fraction of sp³-hybridized carbons (Fsp3) is 0.0870. The van der Waals surface area contributed by atoms with Crippen molar-refractivity contribution in [2.75, 3.05) is 0 Å². The van der Waals surface area contributed by atoms with Crippen LogP contribution in [0.15, 0.2) is 71.8 Å². The average Bonchev–Trinajstić information content (AvgIpc) is 3.18. The van der Waals surface area contributed by atoms with E-state index in [0.717, 1.165) is 5.52 Å². The van der Waals surface area contributed by atoms with Crippen molar-refractivity contribution in [1.29, 1.82) is 0 Å². The predicted molar refractivity (Wildman–Crippen MR) is 112 cm³/mol. The maximum atomic E-state index is 13.2. The van der Waals surface area contributed by atoms with Crippen LogP contribution in [-0.4, -0.2) is 20.3 Å². The van der Waals surface area contributed by atoms with Crippen molar-refractivity contribution in [2.45, 2.75) is 13.1 Å². The molecular weight excluding hydrogens is 383 g/mol. The Kier molecular flexibility index (Phi) is 5.14. The van der Waals surface area contributed by atoms with E-state index in [0.29, 0.717) is 22.2 Å². The zero-order valence-corrected chi connectivity index (χ0v) is 15.9. The Hall–Kier alpha value is -4.18. The summed E-state index contributed by atoms with van der Waals surface area (Å²) in [5.41, 5.74) is 2.34. The van der Waals surface area contributed by atoms with E-state index >= 15 is 0 Å². The summed E-state index contributed by atoms with van der Waals surface area (Å²) >= 11 is 0. The number of nitrogens with one attached hydrogen (secondary N) is 1. The molecule has 0 bridgehead atoms. The van der Waals surface area contributed by atoms with Crippen LogP contribution in [0.1, 0.15) is 15.9 Å². The molecule has 2 heterocycles. The first-order valence-corrected chi connectivity index (χ1v) is 9.20. The van der Waals surface area contributed by atoms with Crippen molar-refractivity contribution in [3.05, 3.63) is 94.3 Å². The number of amides is 1. The van der Waals surface area contributed by atoms with E-state index < -0.39 is 0 Å². The molecule has 0 saturated carbocycles. The molecule has 0 unspecified atom stereocenters. The molecule has 0 fully saturated rings. The molecule has 0 saturated heterocycles. The SMILES string of the molecule is C#CCn1ccc(CNC(=O)c2cccc3c2cnn3-c2ccc(F)cc2)cc1=O. The van der Waals surface area contributed by atoms with Crippen LogP contribution in [0.25, 0.3) is 16.6 Å². The lowest BCUT2D eigenvalue weighted by Gasteiger charge is -2.08. The second kappa shape index (κ2) is 8.05. The summed E-state index contributed by atoms with van der Waals surface area (Å²) < 4.78 is 16.3. The summed E-state index contributed by atoms with van der Waals surface area (Å²) in [6.07, 6.45) is 8.44. The number of aromatic nitrogens is 3. The summed E-state index contributed by atoms with van der Waals surface area (Å²) in [4.78, 5) is 24.8. The first kappa shape index (κ1) is 19.2. The van der Waals surface area contributed by atoms with Crippen LogP contribution >= 0.6 is 0 Å². The quantitative estimate of drug-likeness (QED) is 0.524. The standard InChI is InChI=1S/C23H17FN4O2/c1-2-11-27-12-10-16(13-22(27)29)14-25-23(30)19-4-3-5-21-20(19)15-26-28(21)18-8-6-17(24)7-9-18/h1,3-10,12-13,15H,11,14H2,(H,25,30). The normalized spacial score (nSPS) is 10.7. The van der Waals surface area contributed by atoms with Gasteiger partial charge in [-0.1, -0.05) is 12.0 Å². The van der Waals surface area contributed by atoms with E-state index in [1.54, 1.807) is 47.4 Å². The van der Waals surface area contributed by atoms with Crippen LogP contribution < -0.4 is 10.9 Å². The lowest BCUT2D eigenvalue weighted by Crippen LogP contribution is -2.25. The fourth-order valence-electron chi connectivity index (χ4n) is 3.20. The van der Waals surface area contributed by atoms with Gasteiger partial charge in [0.25, 0.3) is 11.5 Å². The minimum absolute atomic E-state index is 0.200. The van der Waals surface area contributed by atoms with Gasteiger partial charge in [0.2, 0.25) is 0 Å². The molecule has 148 valence electrons. The average molecular weight is 400 g/mol. The van der Waals surface area contributed by atoms with Crippen LogP contribution in [0.2, 0.25) is 0 Å². The van der Waals surface area contributed by atoms with Gasteiger partial charge >= 0.3 is 0 Å². The number of fused-ring (bicyclic) bond motifs is 1. The summed E-state index contributed by atoms with van der Waals surface area (Å²) in [7, 11) is 0. The predicted octanol–water partition coefficient (Wildman–Crippen LogP) is 2.89. The maximum absolute atomic E-state index is 13.2. The van der Waals surface area contributed by atoms with Crippen LogP contribution in [0.5, 0.6) is 0 Å². The molecule has 0 radical (unpaired) electrons. The number of benzene rings is 2. The molecule has 0 aliphatic rings. The molecule has 6 nitrogen and oxygen atoms in total. The molecule has 7 heteroatoms. The number of halogens is 1. The van der Waals surface area contributed by atoms with E-state index in [9.17, 15) is 14.0 Å². The van der Waals surface area contributed by atoms with E-state index in [4.69, 9.17) is 6.42 Å². The number of carbonyl (C=O) groups excluding carboxylic acids is 1. The fourth-order valence-corrected chi connectivity index (χ4v) is 3.20. The van der Waals surface area contributed by atoms with E-state index in [1.807, 2.05) is 6.07 Å². The van der Waals surface area contributed by atoms with Crippen LogP contribution in [0, 0.1) is 18.2 Å². The van der Waals surface area contributed by atoms with Gasteiger partial charge in [0.05, 0.1) is 29.5 Å². The minimum atomic E-state index is -0.331. The van der Waals surface area contributed by atoms with Gasteiger partial charge in [0, 0.05) is 24.2 Å². The molecule has 0 atom stereocenters. The Morgan fingerprint density at radius 1 is 1.17 bits per heavy atom. The third-order valence-electron chi connectivity index (χ3n) is 4.70. The topological polar surface area (TPSA) is 68.9 Å². The lowest BCUT2D eigenvalue weighted by atomic mass is 10.1. The van der Waals surface area contributed by atoms with E-state index in [-0.39, 0.29) is 30.4 Å². The molecule has 0 spiro atoms. The third-order valence-corrected chi connectivity index (χ3v) is 4.70. The number of terminal acetylenes is 1. The van der Waals surface area contributed by atoms with Gasteiger partial charge in [0.15, 0.2) is 0 Å². The van der Waals surface area contributed by atoms with Crippen LogP contribution in [-0.2, 0) is 13.1 Å². The van der Waals surface area contributed by atoms with Gasteiger partial charge < -0.3 is 9.88 Å². The summed E-state index contributed by atoms with van der Waals surface area (Å²) in [6, 6.07) is 14.5. The summed E-state index contributed by atoms with van der Waals surface area (Å²) in [5, 5.41) is 7.85. The van der Waals surface area contributed by atoms with E-state index in [2.05, 4.69) is 16.3 Å². The van der Waals surface area contributed by atoms with Crippen molar-refractivity contribution in [1.82, 2.24) is 19.7 Å². The Labute approximate surface area is 171 Å². The molecule has 2 aromatic heterocycles. The summed E-state index contributed by atoms with van der Waals surface area (Å²) in [6.45, 7) is 0.402. The minimum Gasteiger partial charge on any atom is -0.348 e. The van der Waals surface area contributed by atoms with Gasteiger partial charge in [-0.3, -0.25) is 9.59 Å². The van der Waals surface area contributed by atoms with Crippen molar-refractivity contribution in [2.24, 2.45) is 0 Å². The molecule has 1 amide bonds. The molecule has 1 N–H and O–H groups in total. The molecule has 2 aromatic carbocycles. The van der Waals surface area contributed by atoms with Crippen molar-refractivity contribution in [3.8, 4) is 18.0 Å². The Morgan fingerprint density at radius 2 is 1.97 bits per heavy atom. The van der Waals surface area contributed by atoms with Gasteiger partial charge in [-0.05, 0) is 48.0 Å². The highest BCUT2D eigenvalue weighted by Crippen LogP contribution is 2.22. The number of hydrogen-bond donors (Lipinski definition) is 1. The molecule has 0 aliphatic heterocycles. The second-order valence-corrected chi connectivity index (χ2v) is 6.66. The van der Waals surface area contributed by atoms with Crippen LogP contribution in [0.3, 0.4) is 0 Å². The number of rotatable bonds is 5. The molecule has 30 heavy (non-hydrogen) atoms. The number of carbonyl (C=O) groups is 1. The first-order chi connectivity index (χ1) is 14.6. The third kappa shape index (κ3) is 3.71. The zero-order chi connectivity index (χ0) is 21.1. The van der Waals surface area contributed by atoms with Gasteiger partial charge in [-0.15, -0.1) is 6.42 Å². The van der Waals surface area contributed by atoms with Crippen molar-refractivity contribution in [3.63, 3.8) is 0 Å². The first-order valence-electron chi connectivity index (χ1n) is 9.20. The molecule has 4 rings (SSSR count). The number of nitrogens with zero attached hydrogens (tertiary/aromatic N) is 3. The highest BCUT2D eigenvalue weighted by Gasteiger charge is 2.14. The second-order valence-electron chi connectivity index (χ2n) is 6.66. The maximum Gasteiger partial charge on any atom is 0.252 e.